The van der Waals surface area contributed by atoms with Crippen molar-refractivity contribution in [2.24, 2.45) is 0 Å². The molecule has 2 heterocycles. The lowest BCUT2D eigenvalue weighted by Gasteiger charge is -2.13. The largest absolute Gasteiger partial charge is 0.495 e. The zero-order valence-electron chi connectivity index (χ0n) is 19.3. The Balaban J connectivity index is 1.57. The summed E-state index contributed by atoms with van der Waals surface area (Å²) in [4.78, 5) is 21.6. The molecule has 1 amide bonds. The summed E-state index contributed by atoms with van der Waals surface area (Å²) in [6.07, 6.45) is 5.15. The minimum atomic E-state index is -0.230. The van der Waals surface area contributed by atoms with Crippen molar-refractivity contribution in [1.29, 1.82) is 0 Å². The number of carbonyl (C=O) groups is 1. The third-order valence-corrected chi connectivity index (χ3v) is 5.53. The van der Waals surface area contributed by atoms with Crippen LogP contribution in [-0.2, 0) is 0 Å². The zero-order chi connectivity index (χ0) is 24.2. The number of hydrogen-bond donors (Lipinski definition) is 2. The number of anilines is 3. The molecule has 4 rings (SSSR count). The fourth-order valence-corrected chi connectivity index (χ4v) is 3.54. The van der Waals surface area contributed by atoms with E-state index in [-0.39, 0.29) is 11.9 Å². The van der Waals surface area contributed by atoms with Gasteiger partial charge in [-0.1, -0.05) is 29.8 Å². The van der Waals surface area contributed by atoms with E-state index in [9.17, 15) is 4.79 Å². The molecule has 0 atom stereocenters. The number of nitrogens with zero attached hydrogens (tertiary/aromatic N) is 4. The summed E-state index contributed by atoms with van der Waals surface area (Å²) in [5.41, 5.74) is 4.18. The summed E-state index contributed by atoms with van der Waals surface area (Å²) in [5.74, 6) is 0.587. The number of aryl methyl sites for hydroxylation is 1. The third-order valence-electron chi connectivity index (χ3n) is 5.25. The first-order valence-corrected chi connectivity index (χ1v) is 11.1. The molecule has 2 aromatic carbocycles. The van der Waals surface area contributed by atoms with Gasteiger partial charge < -0.3 is 15.4 Å². The Kier molecular flexibility index (Phi) is 6.79. The highest BCUT2D eigenvalue weighted by Crippen LogP contribution is 2.31. The lowest BCUT2D eigenvalue weighted by atomic mass is 10.1. The van der Waals surface area contributed by atoms with Crippen molar-refractivity contribution in [3.63, 3.8) is 0 Å². The number of methoxy groups -OCH3 is 1. The standard InChI is InChI=1S/C25H25ClN6O2/c1-15(2)32-14-18(12-28-32)23-19(26)13-27-25(31-23)30-21-10-9-17(11-22(21)34-4)24(33)29-20-8-6-5-7-16(20)3/h5-15H,1-4H3,(H,29,33)(H,27,30,31). The van der Waals surface area contributed by atoms with Gasteiger partial charge in [0, 0.05) is 29.1 Å². The number of hydrogen-bond acceptors (Lipinski definition) is 6. The van der Waals surface area contributed by atoms with Crippen molar-refractivity contribution in [1.82, 2.24) is 19.7 Å². The quantitative estimate of drug-likeness (QED) is 0.345. The number of ether oxygens (including phenoxy) is 1. The van der Waals surface area contributed by atoms with Crippen molar-refractivity contribution in [3.05, 3.63) is 77.2 Å². The van der Waals surface area contributed by atoms with Crippen molar-refractivity contribution >= 4 is 34.8 Å². The number of halogens is 1. The van der Waals surface area contributed by atoms with Gasteiger partial charge in [0.25, 0.3) is 5.91 Å². The van der Waals surface area contributed by atoms with Crippen molar-refractivity contribution in [3.8, 4) is 17.0 Å². The van der Waals surface area contributed by atoms with Crippen LogP contribution in [-0.4, -0.2) is 32.8 Å². The van der Waals surface area contributed by atoms with E-state index in [1.54, 1.807) is 24.4 Å². The summed E-state index contributed by atoms with van der Waals surface area (Å²) >= 11 is 6.36. The van der Waals surface area contributed by atoms with Crippen LogP contribution in [0.15, 0.2) is 61.1 Å². The number of carbonyl (C=O) groups excluding carboxylic acids is 1. The van der Waals surface area contributed by atoms with E-state index in [0.29, 0.717) is 33.7 Å². The Morgan fingerprint density at radius 2 is 1.91 bits per heavy atom. The van der Waals surface area contributed by atoms with Crippen LogP contribution < -0.4 is 15.4 Å². The predicted molar refractivity (Wildman–Crippen MR) is 134 cm³/mol. The second-order valence-corrected chi connectivity index (χ2v) is 8.41. The zero-order valence-corrected chi connectivity index (χ0v) is 20.1. The lowest BCUT2D eigenvalue weighted by molar-refractivity contribution is 0.102. The fraction of sp³-hybridized carbons (Fsp3) is 0.200. The van der Waals surface area contributed by atoms with Crippen LogP contribution in [0.4, 0.5) is 17.3 Å². The number of rotatable bonds is 7. The first-order chi connectivity index (χ1) is 16.4. The van der Waals surface area contributed by atoms with Gasteiger partial charge in [-0.3, -0.25) is 9.48 Å². The average Bonchev–Trinajstić information content (AvgIpc) is 3.32. The maximum absolute atomic E-state index is 12.8. The number of amides is 1. The summed E-state index contributed by atoms with van der Waals surface area (Å²) in [5, 5.41) is 10.9. The van der Waals surface area contributed by atoms with Gasteiger partial charge >= 0.3 is 0 Å². The predicted octanol–water partition coefficient (Wildman–Crippen LogP) is 5.89. The van der Waals surface area contributed by atoms with Gasteiger partial charge in [0.1, 0.15) is 5.75 Å². The number of aromatic nitrogens is 4. The molecule has 2 aromatic heterocycles. The van der Waals surface area contributed by atoms with Gasteiger partial charge in [-0.15, -0.1) is 0 Å². The van der Waals surface area contributed by atoms with Crippen LogP contribution in [0.2, 0.25) is 5.02 Å². The van der Waals surface area contributed by atoms with Crippen LogP contribution in [0.3, 0.4) is 0 Å². The van der Waals surface area contributed by atoms with Crippen LogP contribution in [0.1, 0.15) is 35.8 Å². The molecule has 0 saturated heterocycles. The monoisotopic (exact) mass is 476 g/mol. The normalized spacial score (nSPS) is 10.9. The van der Waals surface area contributed by atoms with Gasteiger partial charge in [-0.05, 0) is 50.6 Å². The maximum atomic E-state index is 12.8. The Labute approximate surface area is 203 Å². The Hall–Kier alpha value is -3.91. The molecule has 34 heavy (non-hydrogen) atoms. The molecular weight excluding hydrogens is 452 g/mol. The molecule has 0 spiro atoms. The molecule has 9 heteroatoms. The first kappa shape index (κ1) is 23.3. The van der Waals surface area contributed by atoms with E-state index in [1.165, 1.54) is 13.3 Å². The average molecular weight is 477 g/mol. The molecule has 0 aliphatic rings. The van der Waals surface area contributed by atoms with Gasteiger partial charge in [-0.25, -0.2) is 9.97 Å². The Bertz CT molecular complexity index is 1330. The van der Waals surface area contributed by atoms with Gasteiger partial charge in [-0.2, -0.15) is 5.10 Å². The maximum Gasteiger partial charge on any atom is 0.255 e. The third kappa shape index (κ3) is 5.02. The molecule has 174 valence electrons. The highest BCUT2D eigenvalue weighted by atomic mass is 35.5. The van der Waals surface area contributed by atoms with Crippen molar-refractivity contribution in [2.75, 3.05) is 17.7 Å². The van der Waals surface area contributed by atoms with Gasteiger partial charge in [0.15, 0.2) is 0 Å². The van der Waals surface area contributed by atoms with Crippen molar-refractivity contribution in [2.45, 2.75) is 26.8 Å². The van der Waals surface area contributed by atoms with Crippen LogP contribution in [0.5, 0.6) is 5.75 Å². The van der Waals surface area contributed by atoms with E-state index in [0.717, 1.165) is 16.8 Å². The summed E-state index contributed by atoms with van der Waals surface area (Å²) in [6.45, 7) is 6.03. The highest BCUT2D eigenvalue weighted by Gasteiger charge is 2.15. The summed E-state index contributed by atoms with van der Waals surface area (Å²) in [6, 6.07) is 13.0. The molecule has 4 aromatic rings. The van der Waals surface area contributed by atoms with E-state index < -0.39 is 0 Å². The Morgan fingerprint density at radius 3 is 2.62 bits per heavy atom. The second-order valence-electron chi connectivity index (χ2n) is 8.00. The van der Waals surface area contributed by atoms with Gasteiger partial charge in [0.2, 0.25) is 5.95 Å². The fourth-order valence-electron chi connectivity index (χ4n) is 3.34. The number of para-hydroxylation sites is 1. The smallest absolute Gasteiger partial charge is 0.255 e. The highest BCUT2D eigenvalue weighted by molar-refractivity contribution is 6.32. The molecule has 0 fully saturated rings. The molecule has 0 unspecified atom stereocenters. The first-order valence-electron chi connectivity index (χ1n) is 10.7. The molecular formula is C25H25ClN6O2. The summed E-state index contributed by atoms with van der Waals surface area (Å²) in [7, 11) is 1.54. The van der Waals surface area contributed by atoms with E-state index in [4.69, 9.17) is 16.3 Å². The minimum Gasteiger partial charge on any atom is -0.495 e. The van der Waals surface area contributed by atoms with Crippen molar-refractivity contribution < 1.29 is 9.53 Å². The Morgan fingerprint density at radius 1 is 1.12 bits per heavy atom. The van der Waals surface area contributed by atoms with Crippen LogP contribution in [0, 0.1) is 6.92 Å². The van der Waals surface area contributed by atoms with E-state index in [2.05, 4.69) is 25.7 Å². The molecule has 0 aliphatic heterocycles. The molecule has 0 radical (unpaired) electrons. The topological polar surface area (TPSA) is 94.0 Å². The summed E-state index contributed by atoms with van der Waals surface area (Å²) < 4.78 is 7.35. The van der Waals surface area contributed by atoms with Crippen LogP contribution >= 0.6 is 11.6 Å². The molecule has 2 N–H and O–H groups in total. The van der Waals surface area contributed by atoms with Gasteiger partial charge in [0.05, 0.1) is 35.9 Å². The molecule has 0 aliphatic carbocycles. The number of nitrogens with one attached hydrogen (secondary N) is 2. The minimum absolute atomic E-state index is 0.220. The van der Waals surface area contributed by atoms with Crippen LogP contribution in [0.25, 0.3) is 11.3 Å². The second kappa shape index (κ2) is 9.93. The lowest BCUT2D eigenvalue weighted by Crippen LogP contribution is -2.13. The molecule has 0 bridgehead atoms. The van der Waals surface area contributed by atoms with E-state index >= 15 is 0 Å². The molecule has 8 nitrogen and oxygen atoms in total. The SMILES string of the molecule is COc1cc(C(=O)Nc2ccccc2C)ccc1Nc1ncc(Cl)c(-c2cnn(C(C)C)c2)n1. The molecule has 0 saturated carbocycles. The van der Waals surface area contributed by atoms with E-state index in [1.807, 2.05) is 55.9 Å². The number of benzene rings is 2.